The summed E-state index contributed by atoms with van der Waals surface area (Å²) in [7, 11) is 0. The third-order valence-corrected chi connectivity index (χ3v) is 2.20. The fraction of sp³-hybridized carbons (Fsp3) is 0.154. The zero-order valence-electron chi connectivity index (χ0n) is 10.4. The summed E-state index contributed by atoms with van der Waals surface area (Å²) < 4.78 is 0. The highest BCUT2D eigenvalue weighted by molar-refractivity contribution is 5.84. The Bertz CT molecular complexity index is 495. The fourth-order valence-electron chi connectivity index (χ4n) is 1.29. The van der Waals surface area contributed by atoms with E-state index in [1.807, 2.05) is 36.4 Å². The molecule has 0 fully saturated rings. The number of primary amides is 2. The molecule has 1 aliphatic rings. The first-order chi connectivity index (χ1) is 9.09. The number of benzene rings is 1. The van der Waals surface area contributed by atoms with Crippen LogP contribution in [0.25, 0.3) is 6.08 Å². The Balaban J connectivity index is 0.000000203. The second-order valence-electron chi connectivity index (χ2n) is 3.77. The molecular formula is C13H16N4O2. The van der Waals surface area contributed by atoms with Crippen LogP contribution in [0.3, 0.4) is 0 Å². The lowest BCUT2D eigenvalue weighted by molar-refractivity contribution is -0.123. The normalized spacial score (nSPS) is 11.4. The summed E-state index contributed by atoms with van der Waals surface area (Å²) >= 11 is 0. The van der Waals surface area contributed by atoms with Gasteiger partial charge in [-0.15, -0.1) is 0 Å². The Kier molecular flexibility index (Phi) is 5.81. The Labute approximate surface area is 111 Å². The third-order valence-electron chi connectivity index (χ3n) is 2.20. The van der Waals surface area contributed by atoms with Crippen molar-refractivity contribution in [3.05, 3.63) is 35.9 Å². The van der Waals surface area contributed by atoms with Crippen LogP contribution in [-0.4, -0.2) is 18.0 Å². The monoisotopic (exact) mass is 260 g/mol. The maximum Gasteiger partial charge on any atom is 0.217 e. The van der Waals surface area contributed by atoms with Gasteiger partial charge in [0.25, 0.3) is 0 Å². The molecule has 5 N–H and O–H groups in total. The van der Waals surface area contributed by atoms with E-state index in [4.69, 9.17) is 11.5 Å². The molecule has 100 valence electrons. The minimum Gasteiger partial charge on any atom is -0.370 e. The number of hydrogen-bond acceptors (Lipinski definition) is 4. The van der Waals surface area contributed by atoms with Crippen LogP contribution in [0, 0.1) is 0 Å². The number of nitrogens with one attached hydrogen (secondary N) is 1. The van der Waals surface area contributed by atoms with Crippen molar-refractivity contribution in [1.29, 1.82) is 0 Å². The van der Waals surface area contributed by atoms with Gasteiger partial charge in [-0.05, 0) is 17.7 Å². The summed E-state index contributed by atoms with van der Waals surface area (Å²) in [4.78, 5) is 19.8. The van der Waals surface area contributed by atoms with Crippen molar-refractivity contribution >= 4 is 29.8 Å². The highest BCUT2D eigenvalue weighted by atomic mass is 16.2. The number of para-hydroxylation sites is 1. The maximum atomic E-state index is 9.92. The molecule has 2 rings (SSSR count). The molecule has 0 radical (unpaired) electrons. The summed E-state index contributed by atoms with van der Waals surface area (Å²) in [5.74, 6) is -0.993. The van der Waals surface area contributed by atoms with Gasteiger partial charge >= 0.3 is 0 Å². The molecule has 6 heteroatoms. The van der Waals surface area contributed by atoms with Gasteiger partial charge in [-0.1, -0.05) is 24.3 Å². The van der Waals surface area contributed by atoms with Gasteiger partial charge in [0, 0.05) is 19.1 Å². The molecule has 19 heavy (non-hydrogen) atoms. The summed E-state index contributed by atoms with van der Waals surface area (Å²) in [5.41, 5.74) is 14.5. The Hall–Kier alpha value is -2.63. The zero-order valence-corrected chi connectivity index (χ0v) is 10.4. The van der Waals surface area contributed by atoms with Crippen molar-refractivity contribution in [2.24, 2.45) is 16.6 Å². The molecule has 0 aromatic heterocycles. The lowest BCUT2D eigenvalue weighted by Gasteiger charge is -2.00. The quantitative estimate of drug-likeness (QED) is 0.749. The van der Waals surface area contributed by atoms with E-state index >= 15 is 0 Å². The summed E-state index contributed by atoms with van der Waals surface area (Å²) in [6, 6.07) is 8.05. The minimum atomic E-state index is -0.496. The smallest absolute Gasteiger partial charge is 0.217 e. The predicted molar refractivity (Wildman–Crippen MR) is 75.2 cm³/mol. The molecule has 0 saturated heterocycles. The zero-order chi connectivity index (χ0) is 14.1. The molecule has 1 aromatic carbocycles. The van der Waals surface area contributed by atoms with Gasteiger partial charge in [0.05, 0.1) is 5.69 Å². The van der Waals surface area contributed by atoms with Crippen molar-refractivity contribution in [2.45, 2.75) is 12.8 Å². The lowest BCUT2D eigenvalue weighted by atomic mass is 10.2. The number of nitrogens with zero attached hydrogens (tertiary/aromatic N) is 1. The number of hydrogen-bond donors (Lipinski definition) is 3. The van der Waals surface area contributed by atoms with Crippen LogP contribution in [0.4, 0.5) is 5.69 Å². The van der Waals surface area contributed by atoms with Crippen molar-refractivity contribution in [2.75, 3.05) is 5.43 Å². The van der Waals surface area contributed by atoms with E-state index < -0.39 is 11.8 Å². The summed E-state index contributed by atoms with van der Waals surface area (Å²) in [6.07, 6.45) is 5.78. The maximum absolute atomic E-state index is 9.92. The number of hydrazone groups is 1. The van der Waals surface area contributed by atoms with Crippen molar-refractivity contribution in [1.82, 2.24) is 0 Å². The number of carbonyl (C=O) groups excluding carboxylic acids is 2. The highest BCUT2D eigenvalue weighted by Crippen LogP contribution is 2.17. The summed E-state index contributed by atoms with van der Waals surface area (Å²) in [5, 5.41) is 3.95. The number of nitrogens with two attached hydrogens (primary N) is 2. The fourth-order valence-corrected chi connectivity index (χ4v) is 1.29. The molecule has 6 nitrogen and oxygen atoms in total. The largest absolute Gasteiger partial charge is 0.370 e. The van der Waals surface area contributed by atoms with E-state index in [1.165, 1.54) is 5.56 Å². The van der Waals surface area contributed by atoms with E-state index in [0.29, 0.717) is 0 Å². The van der Waals surface area contributed by atoms with Gasteiger partial charge in [0.1, 0.15) is 0 Å². The van der Waals surface area contributed by atoms with E-state index in [0.717, 1.165) is 5.69 Å². The van der Waals surface area contributed by atoms with Crippen molar-refractivity contribution in [3.63, 3.8) is 0 Å². The second kappa shape index (κ2) is 7.65. The molecule has 1 aliphatic heterocycles. The topological polar surface area (TPSA) is 111 Å². The van der Waals surface area contributed by atoms with Gasteiger partial charge in [0.15, 0.2) is 0 Å². The Morgan fingerprint density at radius 2 is 1.74 bits per heavy atom. The SMILES string of the molecule is C1=Cc2ccccc2NN=C1.NC(=O)CCC(N)=O. The number of allylic oxidation sites excluding steroid dienone is 1. The number of fused-ring (bicyclic) bond motifs is 1. The second-order valence-corrected chi connectivity index (χ2v) is 3.77. The van der Waals surface area contributed by atoms with Crippen molar-refractivity contribution < 1.29 is 9.59 Å². The van der Waals surface area contributed by atoms with Crippen LogP contribution in [0.1, 0.15) is 18.4 Å². The van der Waals surface area contributed by atoms with E-state index in [-0.39, 0.29) is 12.8 Å². The van der Waals surface area contributed by atoms with Crippen molar-refractivity contribution in [3.8, 4) is 0 Å². The number of amides is 2. The molecule has 0 spiro atoms. The van der Waals surface area contributed by atoms with E-state index in [2.05, 4.69) is 10.5 Å². The molecule has 1 heterocycles. The average Bonchev–Trinajstić information content (AvgIpc) is 2.62. The van der Waals surface area contributed by atoms with Crippen LogP contribution in [0.2, 0.25) is 0 Å². The molecule has 1 aromatic rings. The molecule has 2 amide bonds. The molecule has 0 unspecified atom stereocenters. The van der Waals surface area contributed by atoms with Crippen LogP contribution >= 0.6 is 0 Å². The van der Waals surface area contributed by atoms with Gasteiger partial charge in [-0.25, -0.2) is 0 Å². The molecule has 0 aliphatic carbocycles. The highest BCUT2D eigenvalue weighted by Gasteiger charge is 1.97. The van der Waals surface area contributed by atoms with Crippen LogP contribution in [-0.2, 0) is 9.59 Å². The van der Waals surface area contributed by atoms with Crippen LogP contribution in [0.5, 0.6) is 0 Å². The van der Waals surface area contributed by atoms with Gasteiger partial charge in [-0.3, -0.25) is 15.0 Å². The predicted octanol–water partition coefficient (Wildman–Crippen LogP) is 0.848. The van der Waals surface area contributed by atoms with Gasteiger partial charge in [0.2, 0.25) is 11.8 Å². The van der Waals surface area contributed by atoms with E-state index in [1.54, 1.807) is 6.21 Å². The molecule has 0 atom stereocenters. The third kappa shape index (κ3) is 6.02. The molecule has 0 saturated carbocycles. The minimum absolute atomic E-state index is 0.0509. The summed E-state index contributed by atoms with van der Waals surface area (Å²) in [6.45, 7) is 0. The first-order valence-corrected chi connectivity index (χ1v) is 5.71. The molecule has 0 bridgehead atoms. The van der Waals surface area contributed by atoms with Gasteiger partial charge in [-0.2, -0.15) is 5.10 Å². The number of rotatable bonds is 3. The van der Waals surface area contributed by atoms with E-state index in [9.17, 15) is 9.59 Å². The number of carbonyl (C=O) groups is 2. The average molecular weight is 260 g/mol. The first-order valence-electron chi connectivity index (χ1n) is 5.71. The lowest BCUT2D eigenvalue weighted by Crippen LogP contribution is -2.16. The Morgan fingerprint density at radius 1 is 1.11 bits per heavy atom. The van der Waals surface area contributed by atoms with Crippen LogP contribution in [0.15, 0.2) is 35.4 Å². The standard InChI is InChI=1S/C9H8N2.C4H8N2O2/c1-2-6-9-8(4-1)5-3-7-10-11-9;5-3(7)1-2-4(6)8/h1-7,11H;1-2H2,(H2,5,7)(H2,6,8). The number of anilines is 1. The van der Waals surface area contributed by atoms with Crippen LogP contribution < -0.4 is 16.9 Å². The van der Waals surface area contributed by atoms with Gasteiger partial charge < -0.3 is 11.5 Å². The molecular weight excluding hydrogens is 244 g/mol. The Morgan fingerprint density at radius 3 is 2.37 bits per heavy atom. The first kappa shape index (κ1) is 14.4.